The maximum atomic E-state index is 12.5. The van der Waals surface area contributed by atoms with Crippen molar-refractivity contribution in [1.29, 1.82) is 0 Å². The minimum atomic E-state index is 0.197. The second-order valence-corrected chi connectivity index (χ2v) is 6.94. The van der Waals surface area contributed by atoms with Gasteiger partial charge in [-0.25, -0.2) is 0 Å². The topological polar surface area (TPSA) is 23.6 Å². The minimum absolute atomic E-state index is 0.197. The molecule has 1 aliphatic heterocycles. The van der Waals surface area contributed by atoms with Crippen LogP contribution in [0.4, 0.5) is 0 Å². The number of nitrogens with zero attached hydrogens (tertiary/aromatic N) is 2. The average molecular weight is 284 g/mol. The lowest BCUT2D eigenvalue weighted by Gasteiger charge is -2.41. The summed E-state index contributed by atoms with van der Waals surface area (Å²) in [6.07, 6.45) is 5.79. The molecule has 3 heteroatoms. The monoisotopic (exact) mass is 284 g/mol. The number of fused-ring (bicyclic) bond motifs is 2. The fourth-order valence-electron chi connectivity index (χ4n) is 4.68. The van der Waals surface area contributed by atoms with E-state index >= 15 is 0 Å². The van der Waals surface area contributed by atoms with E-state index in [2.05, 4.69) is 4.90 Å². The van der Waals surface area contributed by atoms with Gasteiger partial charge < -0.3 is 4.90 Å². The van der Waals surface area contributed by atoms with Crippen molar-refractivity contribution < 1.29 is 4.79 Å². The van der Waals surface area contributed by atoms with E-state index < -0.39 is 0 Å². The summed E-state index contributed by atoms with van der Waals surface area (Å²) < 4.78 is 0. The van der Waals surface area contributed by atoms with Gasteiger partial charge in [-0.2, -0.15) is 0 Å². The van der Waals surface area contributed by atoms with Crippen LogP contribution in [0.1, 0.15) is 36.0 Å². The Morgan fingerprint density at radius 2 is 1.71 bits per heavy atom. The van der Waals surface area contributed by atoms with Gasteiger partial charge in [-0.3, -0.25) is 9.69 Å². The number of benzene rings is 1. The molecule has 2 saturated carbocycles. The lowest BCUT2D eigenvalue weighted by molar-refractivity contribution is 0.0496. The molecule has 21 heavy (non-hydrogen) atoms. The summed E-state index contributed by atoms with van der Waals surface area (Å²) in [5.41, 5.74) is 0.825. The van der Waals surface area contributed by atoms with Gasteiger partial charge in [0.15, 0.2) is 0 Å². The van der Waals surface area contributed by atoms with Crippen LogP contribution in [-0.2, 0) is 0 Å². The third-order valence-electron chi connectivity index (χ3n) is 5.79. The maximum Gasteiger partial charge on any atom is 0.253 e. The predicted molar refractivity (Wildman–Crippen MR) is 83.2 cm³/mol. The smallest absolute Gasteiger partial charge is 0.253 e. The average Bonchev–Trinajstić information content (AvgIpc) is 3.18. The molecule has 3 nitrogen and oxygen atoms in total. The Labute approximate surface area is 126 Å². The lowest BCUT2D eigenvalue weighted by Crippen LogP contribution is -2.53. The number of carbonyl (C=O) groups is 1. The van der Waals surface area contributed by atoms with Crippen LogP contribution in [-0.4, -0.2) is 47.9 Å². The van der Waals surface area contributed by atoms with Gasteiger partial charge in [-0.15, -0.1) is 0 Å². The van der Waals surface area contributed by atoms with E-state index in [9.17, 15) is 4.79 Å². The Morgan fingerprint density at radius 1 is 0.952 bits per heavy atom. The molecule has 2 aliphatic carbocycles. The number of carbonyl (C=O) groups excluding carboxylic acids is 1. The fraction of sp³-hybridized carbons (Fsp3) is 0.611. The molecule has 3 aliphatic rings. The van der Waals surface area contributed by atoms with Gasteiger partial charge in [0.2, 0.25) is 0 Å². The number of hydrogen-bond donors (Lipinski definition) is 0. The SMILES string of the molecule is O=C(c1ccccc1)N1CCN([C@@H]2C[C@@H]3CC[C@H]2C3)CC1. The molecule has 0 radical (unpaired) electrons. The first-order valence-corrected chi connectivity index (χ1v) is 8.39. The molecular weight excluding hydrogens is 260 g/mol. The molecule has 4 rings (SSSR count). The van der Waals surface area contributed by atoms with E-state index in [1.54, 1.807) is 0 Å². The molecule has 1 aromatic rings. The molecule has 0 N–H and O–H groups in total. The van der Waals surface area contributed by atoms with Crippen LogP contribution in [0.25, 0.3) is 0 Å². The van der Waals surface area contributed by atoms with Crippen LogP contribution in [0.15, 0.2) is 30.3 Å². The highest BCUT2D eigenvalue weighted by molar-refractivity contribution is 5.94. The van der Waals surface area contributed by atoms with Gasteiger partial charge in [0.05, 0.1) is 0 Å². The zero-order valence-corrected chi connectivity index (χ0v) is 12.6. The minimum Gasteiger partial charge on any atom is -0.336 e. The molecule has 1 heterocycles. The Hall–Kier alpha value is -1.35. The summed E-state index contributed by atoms with van der Waals surface area (Å²) in [5.74, 6) is 2.15. The van der Waals surface area contributed by atoms with Crippen molar-refractivity contribution in [2.75, 3.05) is 26.2 Å². The Bertz CT molecular complexity index is 507. The highest BCUT2D eigenvalue weighted by Crippen LogP contribution is 2.46. The molecule has 1 aromatic carbocycles. The molecular formula is C18H24N2O. The quantitative estimate of drug-likeness (QED) is 0.833. The van der Waals surface area contributed by atoms with Crippen LogP contribution in [0.3, 0.4) is 0 Å². The molecule has 3 atom stereocenters. The van der Waals surface area contributed by atoms with Crippen LogP contribution < -0.4 is 0 Å². The summed E-state index contributed by atoms with van der Waals surface area (Å²) in [7, 11) is 0. The molecule has 2 bridgehead atoms. The molecule has 112 valence electrons. The van der Waals surface area contributed by atoms with Gasteiger partial charge >= 0.3 is 0 Å². The van der Waals surface area contributed by atoms with Crippen molar-refractivity contribution in [3.05, 3.63) is 35.9 Å². The number of hydrogen-bond acceptors (Lipinski definition) is 2. The van der Waals surface area contributed by atoms with Gasteiger partial charge in [-0.1, -0.05) is 24.6 Å². The summed E-state index contributed by atoms with van der Waals surface area (Å²) in [5, 5.41) is 0. The van der Waals surface area contributed by atoms with Crippen LogP contribution in [0.5, 0.6) is 0 Å². The molecule has 0 spiro atoms. The van der Waals surface area contributed by atoms with Crippen LogP contribution >= 0.6 is 0 Å². The standard InChI is InChI=1S/C18H24N2O/c21-18(15-4-2-1-3-5-15)20-10-8-19(9-11-20)17-13-14-6-7-16(17)12-14/h1-5,14,16-17H,6-13H2/t14-,16+,17-/m1/s1. The largest absolute Gasteiger partial charge is 0.336 e. The fourth-order valence-corrected chi connectivity index (χ4v) is 4.68. The first kappa shape index (κ1) is 13.3. The third-order valence-corrected chi connectivity index (χ3v) is 5.79. The molecule has 0 aromatic heterocycles. The molecule has 1 amide bonds. The van der Waals surface area contributed by atoms with E-state index in [0.29, 0.717) is 0 Å². The van der Waals surface area contributed by atoms with Crippen molar-refractivity contribution in [3.8, 4) is 0 Å². The molecule has 3 fully saturated rings. The van der Waals surface area contributed by atoms with Crippen molar-refractivity contribution in [2.45, 2.75) is 31.7 Å². The normalized spacial score (nSPS) is 32.6. The van der Waals surface area contributed by atoms with Gasteiger partial charge in [0, 0.05) is 37.8 Å². The van der Waals surface area contributed by atoms with Crippen LogP contribution in [0, 0.1) is 11.8 Å². The van der Waals surface area contributed by atoms with Gasteiger partial charge in [-0.05, 0) is 43.2 Å². The third kappa shape index (κ3) is 2.48. The molecule has 0 unspecified atom stereocenters. The van der Waals surface area contributed by atoms with E-state index in [1.807, 2.05) is 35.2 Å². The number of piperazine rings is 1. The summed E-state index contributed by atoms with van der Waals surface area (Å²) >= 11 is 0. The first-order valence-electron chi connectivity index (χ1n) is 8.39. The maximum absolute atomic E-state index is 12.5. The number of amides is 1. The summed E-state index contributed by atoms with van der Waals surface area (Å²) in [6.45, 7) is 3.90. The summed E-state index contributed by atoms with van der Waals surface area (Å²) in [6, 6.07) is 10.5. The Kier molecular flexibility index (Phi) is 3.46. The highest BCUT2D eigenvalue weighted by Gasteiger charge is 2.42. The zero-order chi connectivity index (χ0) is 14.2. The van der Waals surface area contributed by atoms with Crippen molar-refractivity contribution >= 4 is 5.91 Å². The highest BCUT2D eigenvalue weighted by atomic mass is 16.2. The second-order valence-electron chi connectivity index (χ2n) is 6.94. The van der Waals surface area contributed by atoms with Gasteiger partial charge in [0.1, 0.15) is 0 Å². The number of rotatable bonds is 2. The van der Waals surface area contributed by atoms with Crippen molar-refractivity contribution in [1.82, 2.24) is 9.80 Å². The lowest BCUT2D eigenvalue weighted by atomic mass is 9.93. The molecule has 1 saturated heterocycles. The predicted octanol–water partition coefficient (Wildman–Crippen LogP) is 2.63. The van der Waals surface area contributed by atoms with E-state index in [4.69, 9.17) is 0 Å². The summed E-state index contributed by atoms with van der Waals surface area (Å²) in [4.78, 5) is 17.2. The second kappa shape index (κ2) is 5.45. The van der Waals surface area contributed by atoms with Gasteiger partial charge in [0.25, 0.3) is 5.91 Å². The van der Waals surface area contributed by atoms with Crippen molar-refractivity contribution in [3.63, 3.8) is 0 Å². The van der Waals surface area contributed by atoms with E-state index in [-0.39, 0.29) is 5.91 Å². The Balaban J connectivity index is 1.36. The zero-order valence-electron chi connectivity index (χ0n) is 12.6. The Morgan fingerprint density at radius 3 is 2.33 bits per heavy atom. The van der Waals surface area contributed by atoms with Crippen molar-refractivity contribution in [2.24, 2.45) is 11.8 Å². The van der Waals surface area contributed by atoms with E-state index in [0.717, 1.165) is 49.6 Å². The van der Waals surface area contributed by atoms with E-state index in [1.165, 1.54) is 25.7 Å². The van der Waals surface area contributed by atoms with Crippen LogP contribution in [0.2, 0.25) is 0 Å². The first-order chi connectivity index (χ1) is 10.3.